The summed E-state index contributed by atoms with van der Waals surface area (Å²) in [5, 5.41) is 47.9. The minimum atomic E-state index is -1.62. The Labute approximate surface area is 117 Å². The number of carboxylic acid groups (broad SMARTS) is 1. The van der Waals surface area contributed by atoms with Crippen molar-refractivity contribution in [3.8, 4) is 0 Å². The van der Waals surface area contributed by atoms with Crippen LogP contribution in [0.3, 0.4) is 0 Å². The monoisotopic (exact) mass is 292 g/mol. The lowest BCUT2D eigenvalue weighted by Crippen LogP contribution is -2.62. The summed E-state index contributed by atoms with van der Waals surface area (Å²) in [6.07, 6.45) is -5.05. The van der Waals surface area contributed by atoms with Gasteiger partial charge >= 0.3 is 5.97 Å². The molecule has 0 saturated carbocycles. The minimum Gasteiger partial charge on any atom is -0.479 e. The Hall–Kier alpha value is -0.730. The van der Waals surface area contributed by atoms with Gasteiger partial charge in [0.15, 0.2) is 5.60 Å². The topological polar surface area (TPSA) is 127 Å². The molecule has 7 nitrogen and oxygen atoms in total. The van der Waals surface area contributed by atoms with E-state index in [0.29, 0.717) is 0 Å². The van der Waals surface area contributed by atoms with E-state index >= 15 is 0 Å². The van der Waals surface area contributed by atoms with Gasteiger partial charge in [-0.3, -0.25) is 0 Å². The summed E-state index contributed by atoms with van der Waals surface area (Å²) in [6.45, 7) is 4.24. The maximum atomic E-state index is 11.5. The van der Waals surface area contributed by atoms with Crippen LogP contribution in [0, 0.1) is 11.8 Å². The largest absolute Gasteiger partial charge is 0.479 e. The van der Waals surface area contributed by atoms with Crippen LogP contribution in [0.5, 0.6) is 0 Å². The van der Waals surface area contributed by atoms with Gasteiger partial charge < -0.3 is 30.3 Å². The van der Waals surface area contributed by atoms with E-state index in [-0.39, 0.29) is 6.42 Å². The third-order valence-corrected chi connectivity index (χ3v) is 4.20. The van der Waals surface area contributed by atoms with E-state index in [1.807, 2.05) is 0 Å². The van der Waals surface area contributed by atoms with E-state index in [9.17, 15) is 25.2 Å². The zero-order valence-corrected chi connectivity index (χ0v) is 11.9. The number of aliphatic carboxylic acids is 1. The van der Waals surface area contributed by atoms with Crippen LogP contribution in [0.2, 0.25) is 0 Å². The number of aliphatic hydroxyl groups is 4. The Morgan fingerprint density at radius 3 is 2.35 bits per heavy atom. The second-order valence-corrected chi connectivity index (χ2v) is 5.80. The highest BCUT2D eigenvalue weighted by molar-refractivity contribution is 5.78. The predicted octanol–water partition coefficient (Wildman–Crippen LogP) is -1.03. The fourth-order valence-electron chi connectivity index (χ4n) is 2.58. The molecule has 0 aromatic carbocycles. The van der Waals surface area contributed by atoms with Crippen LogP contribution in [0.25, 0.3) is 0 Å². The van der Waals surface area contributed by atoms with Gasteiger partial charge in [-0.15, -0.1) is 0 Å². The molecule has 1 rings (SSSR count). The highest BCUT2D eigenvalue weighted by Gasteiger charge is 2.54. The minimum absolute atomic E-state index is 0.0837. The van der Waals surface area contributed by atoms with Gasteiger partial charge in [-0.2, -0.15) is 0 Å². The van der Waals surface area contributed by atoms with Crippen molar-refractivity contribution in [3.05, 3.63) is 0 Å². The van der Waals surface area contributed by atoms with Crippen molar-refractivity contribution < 1.29 is 35.1 Å². The van der Waals surface area contributed by atoms with Gasteiger partial charge in [0.05, 0.1) is 18.8 Å². The van der Waals surface area contributed by atoms with Crippen LogP contribution in [-0.4, -0.2) is 68.1 Å². The number of ether oxygens (including phenoxy) is 1. The molecule has 1 aliphatic rings. The first-order chi connectivity index (χ1) is 9.17. The van der Waals surface area contributed by atoms with Crippen molar-refractivity contribution in [2.24, 2.45) is 11.8 Å². The van der Waals surface area contributed by atoms with Crippen LogP contribution in [0.4, 0.5) is 0 Å². The molecule has 1 aliphatic heterocycles. The number of aliphatic hydroxyl groups excluding tert-OH is 4. The standard InChI is InChI=1S/C13H24O7/c1-6(2)13(12(18)19)4-8(15)7(3)11(20-13)10(17)9(16)5-14/h6-11,14-17H,4-5H2,1-3H3,(H,18,19)/t7-,8-,9-,10-,11-,13+/m1/s1. The molecule has 1 fully saturated rings. The Balaban J connectivity index is 3.09. The molecule has 1 heterocycles. The van der Waals surface area contributed by atoms with Crippen molar-refractivity contribution in [2.75, 3.05) is 6.61 Å². The molecular weight excluding hydrogens is 268 g/mol. The fraction of sp³-hybridized carbons (Fsp3) is 0.923. The Kier molecular flexibility index (Phi) is 5.51. The molecule has 1 saturated heterocycles. The van der Waals surface area contributed by atoms with Gasteiger partial charge in [0.2, 0.25) is 0 Å². The van der Waals surface area contributed by atoms with E-state index in [1.165, 1.54) is 0 Å². The first-order valence-corrected chi connectivity index (χ1v) is 6.73. The summed E-state index contributed by atoms with van der Waals surface area (Å²) >= 11 is 0. The summed E-state index contributed by atoms with van der Waals surface area (Å²) in [7, 11) is 0. The maximum Gasteiger partial charge on any atom is 0.336 e. The molecule has 7 heteroatoms. The highest BCUT2D eigenvalue weighted by Crippen LogP contribution is 2.39. The Morgan fingerprint density at radius 2 is 1.95 bits per heavy atom. The fourth-order valence-corrected chi connectivity index (χ4v) is 2.58. The van der Waals surface area contributed by atoms with E-state index in [4.69, 9.17) is 9.84 Å². The molecule has 0 aliphatic carbocycles. The lowest BCUT2D eigenvalue weighted by Gasteiger charge is -2.47. The lowest BCUT2D eigenvalue weighted by atomic mass is 9.76. The molecule has 118 valence electrons. The molecule has 0 unspecified atom stereocenters. The second kappa shape index (κ2) is 6.36. The quantitative estimate of drug-likeness (QED) is 0.438. The average Bonchev–Trinajstić information content (AvgIpc) is 2.39. The number of carbonyl (C=O) groups is 1. The summed E-state index contributed by atoms with van der Waals surface area (Å²) in [5.74, 6) is -2.20. The van der Waals surface area contributed by atoms with Crippen LogP contribution in [0.15, 0.2) is 0 Å². The number of carboxylic acids is 1. The molecular formula is C13H24O7. The summed E-state index contributed by atoms with van der Waals surface area (Å²) in [6, 6.07) is 0. The van der Waals surface area contributed by atoms with Crippen molar-refractivity contribution in [3.63, 3.8) is 0 Å². The summed E-state index contributed by atoms with van der Waals surface area (Å²) in [5.41, 5.74) is -1.62. The zero-order chi connectivity index (χ0) is 15.7. The van der Waals surface area contributed by atoms with Crippen molar-refractivity contribution in [2.45, 2.75) is 57.2 Å². The summed E-state index contributed by atoms with van der Waals surface area (Å²) < 4.78 is 5.58. The van der Waals surface area contributed by atoms with Gasteiger partial charge in [0.1, 0.15) is 12.2 Å². The van der Waals surface area contributed by atoms with Crippen molar-refractivity contribution in [1.29, 1.82) is 0 Å². The second-order valence-electron chi connectivity index (χ2n) is 5.80. The van der Waals surface area contributed by atoms with E-state index in [1.54, 1.807) is 20.8 Å². The zero-order valence-electron chi connectivity index (χ0n) is 11.9. The number of hydrogen-bond donors (Lipinski definition) is 5. The first kappa shape index (κ1) is 17.3. The van der Waals surface area contributed by atoms with Crippen LogP contribution >= 0.6 is 0 Å². The van der Waals surface area contributed by atoms with Gasteiger partial charge in [0.25, 0.3) is 0 Å². The molecule has 0 amide bonds. The van der Waals surface area contributed by atoms with E-state index < -0.39 is 54.4 Å². The lowest BCUT2D eigenvalue weighted by molar-refractivity contribution is -0.247. The maximum absolute atomic E-state index is 11.5. The number of rotatable bonds is 5. The van der Waals surface area contributed by atoms with Gasteiger partial charge in [-0.05, 0) is 5.92 Å². The summed E-state index contributed by atoms with van der Waals surface area (Å²) in [4.78, 5) is 11.5. The molecule has 0 aromatic rings. The predicted molar refractivity (Wildman–Crippen MR) is 69.0 cm³/mol. The molecule has 0 bridgehead atoms. The molecule has 5 N–H and O–H groups in total. The van der Waals surface area contributed by atoms with Crippen LogP contribution < -0.4 is 0 Å². The van der Waals surface area contributed by atoms with Crippen LogP contribution in [0.1, 0.15) is 27.2 Å². The molecule has 20 heavy (non-hydrogen) atoms. The molecule has 6 atom stereocenters. The molecule has 0 radical (unpaired) electrons. The normalized spacial score (nSPS) is 37.7. The first-order valence-electron chi connectivity index (χ1n) is 6.73. The smallest absolute Gasteiger partial charge is 0.336 e. The van der Waals surface area contributed by atoms with Crippen LogP contribution in [-0.2, 0) is 9.53 Å². The Morgan fingerprint density at radius 1 is 1.40 bits per heavy atom. The van der Waals surface area contributed by atoms with E-state index in [0.717, 1.165) is 0 Å². The van der Waals surface area contributed by atoms with Crippen molar-refractivity contribution >= 4 is 5.97 Å². The SMILES string of the molecule is CC(C)[C@]1(C(=O)O)C[C@@H](O)[C@@H](C)[C@H]([C@H](O)[C@H](O)CO)O1. The number of hydrogen-bond acceptors (Lipinski definition) is 6. The van der Waals surface area contributed by atoms with E-state index in [2.05, 4.69) is 0 Å². The van der Waals surface area contributed by atoms with Gasteiger partial charge in [-0.1, -0.05) is 20.8 Å². The molecule has 0 aromatic heterocycles. The highest BCUT2D eigenvalue weighted by atomic mass is 16.6. The Bertz CT molecular complexity index is 346. The van der Waals surface area contributed by atoms with Gasteiger partial charge in [-0.25, -0.2) is 4.79 Å². The molecule has 0 spiro atoms. The van der Waals surface area contributed by atoms with Gasteiger partial charge in [0, 0.05) is 12.3 Å². The third kappa shape index (κ3) is 2.96. The average molecular weight is 292 g/mol. The van der Waals surface area contributed by atoms with Crippen molar-refractivity contribution in [1.82, 2.24) is 0 Å². The third-order valence-electron chi connectivity index (χ3n) is 4.20.